The summed E-state index contributed by atoms with van der Waals surface area (Å²) in [6.07, 6.45) is 7.35. The first-order chi connectivity index (χ1) is 16.1. The van der Waals surface area contributed by atoms with Crippen molar-refractivity contribution in [3.05, 3.63) is 41.5 Å². The maximum absolute atomic E-state index is 14.3. The van der Waals surface area contributed by atoms with Gasteiger partial charge >= 0.3 is 0 Å². The van der Waals surface area contributed by atoms with Crippen LogP contribution in [0.3, 0.4) is 0 Å². The molecule has 1 aromatic carbocycles. The maximum Gasteiger partial charge on any atom is 0.165 e. The number of aryl methyl sites for hydroxylation is 1. The van der Waals surface area contributed by atoms with Gasteiger partial charge in [0.15, 0.2) is 11.6 Å². The van der Waals surface area contributed by atoms with Crippen LogP contribution in [0.1, 0.15) is 50.3 Å². The van der Waals surface area contributed by atoms with Crippen LogP contribution in [0.15, 0.2) is 24.4 Å². The van der Waals surface area contributed by atoms with E-state index < -0.39 is 11.4 Å². The molecule has 2 aromatic rings. The molecule has 0 spiro atoms. The van der Waals surface area contributed by atoms with E-state index in [2.05, 4.69) is 15.2 Å². The fraction of sp³-hybridized carbons (Fsp3) is 0.667. The largest absolute Gasteiger partial charge is 0.490 e. The van der Waals surface area contributed by atoms with Crippen LogP contribution < -0.4 is 4.74 Å². The van der Waals surface area contributed by atoms with Crippen LogP contribution >= 0.6 is 0 Å². The molecule has 1 aliphatic carbocycles. The fourth-order valence-electron chi connectivity index (χ4n) is 4.08. The smallest absolute Gasteiger partial charge is 0.165 e. The van der Waals surface area contributed by atoms with Gasteiger partial charge in [0, 0.05) is 13.1 Å². The highest BCUT2D eigenvalue weighted by Crippen LogP contribution is 2.33. The summed E-state index contributed by atoms with van der Waals surface area (Å²) < 4.78 is 21.7. The Morgan fingerprint density at radius 2 is 2.00 bits per heavy atom. The van der Waals surface area contributed by atoms with Gasteiger partial charge in [-0.25, -0.2) is 18.8 Å². The average Bonchev–Trinajstić information content (AvgIpc) is 3.60. The van der Waals surface area contributed by atoms with Crippen LogP contribution in [0, 0.1) is 11.7 Å². The van der Waals surface area contributed by atoms with E-state index in [1.807, 2.05) is 6.92 Å². The number of unbranched alkanes of at least 4 members (excludes halogenated alkanes) is 1. The zero-order chi connectivity index (χ0) is 23.1. The van der Waals surface area contributed by atoms with Crippen LogP contribution in [0.4, 0.5) is 4.39 Å². The van der Waals surface area contributed by atoms with Gasteiger partial charge in [0.25, 0.3) is 0 Å². The summed E-state index contributed by atoms with van der Waals surface area (Å²) in [6.45, 7) is 6.65. The van der Waals surface area contributed by atoms with Crippen LogP contribution in [-0.4, -0.2) is 64.5 Å². The van der Waals surface area contributed by atoms with E-state index in [1.165, 1.54) is 6.07 Å². The van der Waals surface area contributed by atoms with Crippen molar-refractivity contribution in [2.24, 2.45) is 5.92 Å². The van der Waals surface area contributed by atoms with Gasteiger partial charge in [-0.2, -0.15) is 0 Å². The summed E-state index contributed by atoms with van der Waals surface area (Å²) in [4.78, 5) is 12.4. The molecule has 0 radical (unpaired) electrons. The molecule has 1 aromatic heterocycles. The number of aromatic nitrogens is 3. The van der Waals surface area contributed by atoms with Gasteiger partial charge < -0.3 is 9.84 Å². The van der Waals surface area contributed by atoms with Gasteiger partial charge in [0.2, 0.25) is 0 Å². The van der Waals surface area contributed by atoms with Gasteiger partial charge in [0.05, 0.1) is 38.3 Å². The summed E-state index contributed by atoms with van der Waals surface area (Å²) in [7, 11) is 0. The van der Waals surface area contributed by atoms with E-state index in [-0.39, 0.29) is 12.3 Å². The second-order valence-electron chi connectivity index (χ2n) is 9.11. The molecule has 33 heavy (non-hydrogen) atoms. The molecule has 9 heteroatoms. The predicted octanol–water partition coefficient (Wildman–Crippen LogP) is 3.09. The van der Waals surface area contributed by atoms with E-state index in [0.717, 1.165) is 57.4 Å². The van der Waals surface area contributed by atoms with E-state index in [1.54, 1.807) is 23.0 Å². The second-order valence-corrected chi connectivity index (χ2v) is 9.11. The molecule has 0 bridgehead atoms. The topological polar surface area (TPSA) is 81.9 Å². The van der Waals surface area contributed by atoms with Gasteiger partial charge in [-0.1, -0.05) is 18.2 Å². The number of aliphatic hydroxyl groups is 1. The molecular formula is C24H35FN4O4. The number of halogens is 1. The lowest BCUT2D eigenvalue weighted by Gasteiger charge is -2.28. The molecule has 1 saturated carbocycles. The van der Waals surface area contributed by atoms with Crippen molar-refractivity contribution in [2.75, 3.05) is 39.5 Å². The molecule has 8 nitrogen and oxygen atoms in total. The molecule has 1 atom stereocenters. The first-order valence-electron chi connectivity index (χ1n) is 12.1. The Morgan fingerprint density at radius 1 is 1.21 bits per heavy atom. The molecule has 1 N–H and O–H groups in total. The molecule has 2 fully saturated rings. The van der Waals surface area contributed by atoms with Crippen LogP contribution in [0.5, 0.6) is 5.75 Å². The molecule has 0 unspecified atom stereocenters. The van der Waals surface area contributed by atoms with E-state index in [9.17, 15) is 9.50 Å². The molecule has 2 heterocycles. The Labute approximate surface area is 194 Å². The van der Waals surface area contributed by atoms with E-state index in [0.29, 0.717) is 37.7 Å². The number of hydrogen-bond donors (Lipinski definition) is 1. The lowest BCUT2D eigenvalue weighted by Crippen LogP contribution is -2.32. The van der Waals surface area contributed by atoms with Gasteiger partial charge in [-0.3, -0.25) is 4.90 Å². The zero-order valence-corrected chi connectivity index (χ0v) is 19.4. The average molecular weight is 463 g/mol. The minimum Gasteiger partial charge on any atom is -0.490 e. The van der Waals surface area contributed by atoms with Crippen LogP contribution in [-0.2, 0) is 28.3 Å². The third kappa shape index (κ3) is 6.72. The molecular weight excluding hydrogens is 427 g/mol. The zero-order valence-electron chi connectivity index (χ0n) is 19.4. The summed E-state index contributed by atoms with van der Waals surface area (Å²) in [6, 6.07) is 4.64. The van der Waals surface area contributed by atoms with Crippen molar-refractivity contribution in [1.29, 1.82) is 0 Å². The van der Waals surface area contributed by atoms with Gasteiger partial charge in [0.1, 0.15) is 5.60 Å². The summed E-state index contributed by atoms with van der Waals surface area (Å²) in [5, 5.41) is 19.8. The van der Waals surface area contributed by atoms with Crippen molar-refractivity contribution in [3.8, 4) is 5.75 Å². The van der Waals surface area contributed by atoms with E-state index >= 15 is 0 Å². The number of benzene rings is 1. The Morgan fingerprint density at radius 3 is 2.73 bits per heavy atom. The van der Waals surface area contributed by atoms with Crippen LogP contribution in [0.2, 0.25) is 0 Å². The number of hydrogen-bond acceptors (Lipinski definition) is 7. The quantitative estimate of drug-likeness (QED) is 0.383. The first kappa shape index (κ1) is 24.1. The summed E-state index contributed by atoms with van der Waals surface area (Å²) >= 11 is 0. The van der Waals surface area contributed by atoms with Crippen molar-refractivity contribution in [2.45, 2.75) is 57.6 Å². The number of rotatable bonds is 12. The second kappa shape index (κ2) is 11.4. The summed E-state index contributed by atoms with van der Waals surface area (Å²) in [5.74, 6) is 0.327. The highest BCUT2D eigenvalue weighted by molar-refractivity contribution is 5.34. The third-order valence-electron chi connectivity index (χ3n) is 6.56. The Kier molecular flexibility index (Phi) is 8.29. The normalized spacial score (nSPS) is 19.2. The highest BCUT2D eigenvalue weighted by Gasteiger charge is 2.31. The molecule has 182 valence electrons. The molecule has 4 rings (SSSR count). The minimum absolute atomic E-state index is 0.203. The summed E-state index contributed by atoms with van der Waals surface area (Å²) in [5.41, 5.74) is 0.417. The number of nitrogens with zero attached hydrogens (tertiary/aromatic N) is 4. The minimum atomic E-state index is -1.19. The first-order valence-corrected chi connectivity index (χ1v) is 12.1. The van der Waals surface area contributed by atoms with Gasteiger partial charge in [-0.05, 0) is 68.7 Å². The van der Waals surface area contributed by atoms with Crippen molar-refractivity contribution in [3.63, 3.8) is 0 Å². The lowest BCUT2D eigenvalue weighted by molar-refractivity contribution is -0.284. The van der Waals surface area contributed by atoms with Crippen LogP contribution in [0.25, 0.3) is 0 Å². The Balaban J connectivity index is 1.35. The number of ether oxygens (including phenoxy) is 1. The highest BCUT2D eigenvalue weighted by atomic mass is 19.1. The Hall–Kier alpha value is -2.07. The molecule has 0 amide bonds. The molecule has 1 aliphatic heterocycles. The third-order valence-corrected chi connectivity index (χ3v) is 6.56. The van der Waals surface area contributed by atoms with Crippen molar-refractivity contribution in [1.82, 2.24) is 19.9 Å². The Bertz CT molecular complexity index is 883. The lowest BCUT2D eigenvalue weighted by atomic mass is 9.90. The SMILES string of the molecule is CC[C@@](O)(Cn1nncc1CCCCN1CCOOCC1)c1ccc(F)c(OCC2CC2)c1. The molecule has 2 aliphatic rings. The standard InChI is InChI=1S/C24H35FN4O4/c1-2-24(30,20-8-9-22(25)23(15-20)31-17-19-6-7-19)18-29-21(16-26-27-29)5-3-4-10-28-11-13-32-33-14-12-28/h8-9,15-16,19,30H,2-7,10-14,17-18H2,1H3/t24-/m1/s1. The molecule has 1 saturated heterocycles. The van der Waals surface area contributed by atoms with Crippen molar-refractivity contribution >= 4 is 0 Å². The monoisotopic (exact) mass is 462 g/mol. The van der Waals surface area contributed by atoms with Crippen molar-refractivity contribution < 1.29 is 24.0 Å². The predicted molar refractivity (Wildman–Crippen MR) is 120 cm³/mol. The van der Waals surface area contributed by atoms with E-state index in [4.69, 9.17) is 14.5 Å². The fourth-order valence-corrected chi connectivity index (χ4v) is 4.08. The maximum atomic E-state index is 14.3. The van der Waals surface area contributed by atoms with Gasteiger partial charge in [-0.15, -0.1) is 5.10 Å².